The first-order chi connectivity index (χ1) is 15.5. The normalized spacial score (nSPS) is 16.3. The van der Waals surface area contributed by atoms with Crippen molar-refractivity contribution in [1.82, 2.24) is 10.3 Å². The van der Waals surface area contributed by atoms with E-state index in [0.29, 0.717) is 11.4 Å². The van der Waals surface area contributed by atoms with Crippen molar-refractivity contribution in [2.75, 3.05) is 11.4 Å². The van der Waals surface area contributed by atoms with Crippen molar-refractivity contribution >= 4 is 28.8 Å². The molecule has 1 N–H and O–H groups in total. The number of aromatic nitrogens is 1. The maximum Gasteiger partial charge on any atom is 0.268 e. The van der Waals surface area contributed by atoms with Gasteiger partial charge in [0.1, 0.15) is 12.3 Å². The van der Waals surface area contributed by atoms with Crippen LogP contribution < -0.4 is 15.0 Å². The Hall–Kier alpha value is -3.19. The zero-order valence-corrected chi connectivity index (χ0v) is 19.3. The summed E-state index contributed by atoms with van der Waals surface area (Å²) in [6, 6.07) is 15.3. The van der Waals surface area contributed by atoms with E-state index in [4.69, 9.17) is 9.72 Å². The molecule has 4 rings (SSSR count). The standard InChI is InChI=1S/C25H27N3O3S/c1-4-8-24-27-20(15-32-24)19-11-12-22-21(13-19)28(25(30)17(3)31-22)14-23(29)26-16(2)18-9-6-5-7-10-18/h5-7,9-13,15-17H,4,8,14H2,1-3H3,(H,26,29). The number of amides is 2. The molecule has 0 aliphatic carbocycles. The van der Waals surface area contributed by atoms with Crippen LogP contribution in [0.25, 0.3) is 11.3 Å². The molecular weight excluding hydrogens is 422 g/mol. The van der Waals surface area contributed by atoms with E-state index >= 15 is 0 Å². The lowest BCUT2D eigenvalue weighted by Gasteiger charge is -2.33. The van der Waals surface area contributed by atoms with E-state index in [2.05, 4.69) is 12.2 Å². The summed E-state index contributed by atoms with van der Waals surface area (Å²) < 4.78 is 5.80. The molecule has 1 aliphatic rings. The van der Waals surface area contributed by atoms with Gasteiger partial charge in [-0.3, -0.25) is 14.5 Å². The van der Waals surface area contributed by atoms with Gasteiger partial charge in [0.05, 0.1) is 22.4 Å². The van der Waals surface area contributed by atoms with Crippen molar-refractivity contribution in [2.45, 2.75) is 45.8 Å². The molecule has 0 saturated carbocycles. The molecule has 2 unspecified atom stereocenters. The number of nitrogens with one attached hydrogen (secondary N) is 1. The average Bonchev–Trinajstić information content (AvgIpc) is 3.26. The van der Waals surface area contributed by atoms with E-state index in [1.54, 1.807) is 18.3 Å². The van der Waals surface area contributed by atoms with Crippen molar-refractivity contribution < 1.29 is 14.3 Å². The van der Waals surface area contributed by atoms with Gasteiger partial charge < -0.3 is 10.1 Å². The first kappa shape index (κ1) is 22.0. The van der Waals surface area contributed by atoms with Crippen molar-refractivity contribution in [2.24, 2.45) is 0 Å². The van der Waals surface area contributed by atoms with Crippen LogP contribution in [0.2, 0.25) is 0 Å². The van der Waals surface area contributed by atoms with E-state index in [1.807, 2.05) is 60.8 Å². The molecule has 0 bridgehead atoms. The van der Waals surface area contributed by atoms with E-state index in [-0.39, 0.29) is 24.4 Å². The van der Waals surface area contributed by atoms with Crippen LogP contribution in [0, 0.1) is 0 Å². The van der Waals surface area contributed by atoms with Crippen molar-refractivity contribution in [3.8, 4) is 17.0 Å². The maximum atomic E-state index is 12.9. The van der Waals surface area contributed by atoms with Crippen LogP contribution in [0.5, 0.6) is 5.75 Å². The van der Waals surface area contributed by atoms with Crippen LogP contribution in [0.3, 0.4) is 0 Å². The number of thiazole rings is 1. The fourth-order valence-corrected chi connectivity index (χ4v) is 4.67. The summed E-state index contributed by atoms with van der Waals surface area (Å²) in [5.41, 5.74) is 3.38. The molecule has 2 amide bonds. The van der Waals surface area contributed by atoms with Gasteiger partial charge in [-0.15, -0.1) is 11.3 Å². The zero-order valence-electron chi connectivity index (χ0n) is 18.5. The van der Waals surface area contributed by atoms with Crippen LogP contribution >= 0.6 is 11.3 Å². The Bertz CT molecular complexity index is 1110. The predicted molar refractivity (Wildman–Crippen MR) is 127 cm³/mol. The highest BCUT2D eigenvalue weighted by Crippen LogP contribution is 2.37. The highest BCUT2D eigenvalue weighted by atomic mass is 32.1. The van der Waals surface area contributed by atoms with Gasteiger partial charge in [0.15, 0.2) is 6.10 Å². The molecule has 0 spiro atoms. The molecule has 2 aromatic carbocycles. The predicted octanol–water partition coefficient (Wildman–Crippen LogP) is 4.75. The zero-order chi connectivity index (χ0) is 22.7. The Morgan fingerprint density at radius 1 is 1.25 bits per heavy atom. The van der Waals surface area contributed by atoms with Crippen molar-refractivity contribution in [1.29, 1.82) is 0 Å². The lowest BCUT2D eigenvalue weighted by molar-refractivity contribution is -0.128. The summed E-state index contributed by atoms with van der Waals surface area (Å²) in [7, 11) is 0. The number of ether oxygens (including phenoxy) is 1. The maximum absolute atomic E-state index is 12.9. The van der Waals surface area contributed by atoms with Crippen LogP contribution in [0.15, 0.2) is 53.9 Å². The quantitative estimate of drug-likeness (QED) is 0.565. The smallest absolute Gasteiger partial charge is 0.268 e. The molecule has 32 heavy (non-hydrogen) atoms. The molecule has 2 atom stereocenters. The first-order valence-electron chi connectivity index (χ1n) is 10.9. The van der Waals surface area contributed by atoms with Gasteiger partial charge in [-0.05, 0) is 50.5 Å². The van der Waals surface area contributed by atoms with Gasteiger partial charge in [-0.1, -0.05) is 37.3 Å². The number of hydrogen-bond donors (Lipinski definition) is 1. The number of nitrogens with zero attached hydrogens (tertiary/aromatic N) is 2. The third kappa shape index (κ3) is 4.67. The number of carbonyl (C=O) groups is 2. The third-order valence-electron chi connectivity index (χ3n) is 5.46. The number of hydrogen-bond acceptors (Lipinski definition) is 5. The molecule has 3 aromatic rings. The largest absolute Gasteiger partial charge is 0.479 e. The summed E-state index contributed by atoms with van der Waals surface area (Å²) in [5.74, 6) is 0.134. The highest BCUT2D eigenvalue weighted by Gasteiger charge is 2.33. The fourth-order valence-electron chi connectivity index (χ4n) is 3.76. The van der Waals surface area contributed by atoms with Gasteiger partial charge >= 0.3 is 0 Å². The number of carbonyl (C=O) groups excluding carboxylic acids is 2. The monoisotopic (exact) mass is 449 g/mol. The minimum Gasteiger partial charge on any atom is -0.479 e. The number of aryl methyl sites for hydroxylation is 1. The average molecular weight is 450 g/mol. The summed E-state index contributed by atoms with van der Waals surface area (Å²) in [5, 5.41) is 6.11. The second-order valence-electron chi connectivity index (χ2n) is 7.94. The molecule has 7 heteroatoms. The Morgan fingerprint density at radius 2 is 2.03 bits per heavy atom. The van der Waals surface area contributed by atoms with Crippen LogP contribution in [-0.2, 0) is 16.0 Å². The SMILES string of the molecule is CCCc1nc(-c2ccc3c(c2)N(CC(=O)NC(C)c2ccccc2)C(=O)C(C)O3)cs1. The second kappa shape index (κ2) is 9.53. The van der Waals surface area contributed by atoms with Crippen LogP contribution in [0.4, 0.5) is 5.69 Å². The minimum absolute atomic E-state index is 0.0711. The van der Waals surface area contributed by atoms with Crippen molar-refractivity contribution in [3.63, 3.8) is 0 Å². The number of benzene rings is 2. The topological polar surface area (TPSA) is 71.5 Å². The molecule has 1 aromatic heterocycles. The minimum atomic E-state index is -0.650. The first-order valence-corrected chi connectivity index (χ1v) is 11.8. The molecule has 2 heterocycles. The summed E-state index contributed by atoms with van der Waals surface area (Å²) in [6.07, 6.45) is 1.34. The van der Waals surface area contributed by atoms with Crippen LogP contribution in [0.1, 0.15) is 43.8 Å². The second-order valence-corrected chi connectivity index (χ2v) is 8.89. The van der Waals surface area contributed by atoms with E-state index in [1.165, 1.54) is 4.90 Å². The summed E-state index contributed by atoms with van der Waals surface area (Å²) in [6.45, 7) is 5.69. The summed E-state index contributed by atoms with van der Waals surface area (Å²) >= 11 is 1.64. The highest BCUT2D eigenvalue weighted by molar-refractivity contribution is 7.09. The number of fused-ring (bicyclic) bond motifs is 1. The number of rotatable bonds is 7. The molecule has 6 nitrogen and oxygen atoms in total. The van der Waals surface area contributed by atoms with Gasteiger partial charge in [0, 0.05) is 10.9 Å². The van der Waals surface area contributed by atoms with E-state index in [0.717, 1.165) is 34.7 Å². The Labute approximate surface area is 192 Å². The lowest BCUT2D eigenvalue weighted by atomic mass is 10.1. The summed E-state index contributed by atoms with van der Waals surface area (Å²) in [4.78, 5) is 32.0. The molecule has 166 valence electrons. The van der Waals surface area contributed by atoms with Crippen molar-refractivity contribution in [3.05, 3.63) is 64.5 Å². The van der Waals surface area contributed by atoms with Gasteiger partial charge in [-0.25, -0.2) is 4.98 Å². The molecule has 1 aliphatic heterocycles. The molecule has 0 radical (unpaired) electrons. The Kier molecular flexibility index (Phi) is 6.55. The van der Waals surface area contributed by atoms with Crippen LogP contribution in [-0.4, -0.2) is 29.4 Å². The number of anilines is 1. The Balaban J connectivity index is 1.57. The third-order valence-corrected chi connectivity index (χ3v) is 6.37. The molecule has 0 saturated heterocycles. The fraction of sp³-hybridized carbons (Fsp3) is 0.320. The van der Waals surface area contributed by atoms with Gasteiger partial charge in [-0.2, -0.15) is 0 Å². The lowest BCUT2D eigenvalue weighted by Crippen LogP contribution is -2.49. The Morgan fingerprint density at radius 3 is 2.78 bits per heavy atom. The van der Waals surface area contributed by atoms with E-state index in [9.17, 15) is 9.59 Å². The van der Waals surface area contributed by atoms with E-state index < -0.39 is 6.10 Å². The van der Waals surface area contributed by atoms with Gasteiger partial charge in [0.25, 0.3) is 5.91 Å². The molecular formula is C25H27N3O3S. The van der Waals surface area contributed by atoms with Gasteiger partial charge in [0.2, 0.25) is 5.91 Å². The molecule has 0 fully saturated rings.